The van der Waals surface area contributed by atoms with Crippen molar-refractivity contribution in [3.63, 3.8) is 0 Å². The summed E-state index contributed by atoms with van der Waals surface area (Å²) in [5.74, 6) is 0. The fourth-order valence-electron chi connectivity index (χ4n) is 10.5. The standard InChI is InChI=1S/C58H33N5/c59-34-37-31-54(63-50-25-12-11-22-46(50)58-47-24-13-23-45-43-20-9-10-21-44(43)48(56(45)47)33-55(58)63)38(35-60)30-53(37)62-51-29-27-41(61(39-15-3-1-4-16-39)40-17-5-2-6-18-40)32-49(51)57-42-19-8-7-14-36(42)26-28-52(57)62/h1-33H. The summed E-state index contributed by atoms with van der Waals surface area (Å²) >= 11 is 0. The van der Waals surface area contributed by atoms with Gasteiger partial charge in [0, 0.05) is 38.6 Å². The Morgan fingerprint density at radius 2 is 0.873 bits per heavy atom. The smallest absolute Gasteiger partial charge is 0.101 e. The Bertz CT molecular complexity index is 3950. The third kappa shape index (κ3) is 4.91. The molecule has 1 aliphatic rings. The highest BCUT2D eigenvalue weighted by Crippen LogP contribution is 2.51. The van der Waals surface area contributed by atoms with Crippen LogP contribution in [0.2, 0.25) is 0 Å². The van der Waals surface area contributed by atoms with E-state index in [1.807, 2.05) is 30.3 Å². The van der Waals surface area contributed by atoms with Crippen molar-refractivity contribution < 1.29 is 0 Å². The minimum absolute atomic E-state index is 0.471. The molecule has 5 nitrogen and oxygen atoms in total. The minimum atomic E-state index is 0.471. The van der Waals surface area contributed by atoms with Crippen LogP contribution in [0.3, 0.4) is 0 Å². The van der Waals surface area contributed by atoms with E-state index in [2.05, 4.69) is 196 Å². The Balaban J connectivity index is 1.09. The third-order valence-electron chi connectivity index (χ3n) is 13.1. The van der Waals surface area contributed by atoms with Crippen LogP contribution in [0.1, 0.15) is 11.1 Å². The van der Waals surface area contributed by atoms with Crippen molar-refractivity contribution in [2.24, 2.45) is 0 Å². The molecule has 12 aromatic rings. The summed E-state index contributed by atoms with van der Waals surface area (Å²) in [5.41, 5.74) is 14.1. The number of benzene rings is 10. The van der Waals surface area contributed by atoms with Gasteiger partial charge in [-0.15, -0.1) is 0 Å². The van der Waals surface area contributed by atoms with Gasteiger partial charge in [-0.25, -0.2) is 0 Å². The van der Waals surface area contributed by atoms with Crippen LogP contribution in [0, 0.1) is 22.7 Å². The van der Waals surface area contributed by atoms with Gasteiger partial charge in [0.25, 0.3) is 0 Å². The second-order valence-electron chi connectivity index (χ2n) is 16.3. The molecule has 5 heteroatoms. The molecule has 63 heavy (non-hydrogen) atoms. The first kappa shape index (κ1) is 34.9. The first-order valence-electron chi connectivity index (χ1n) is 21.1. The first-order valence-corrected chi connectivity index (χ1v) is 21.1. The summed E-state index contributed by atoms with van der Waals surface area (Å²) in [5, 5.41) is 31.4. The van der Waals surface area contributed by atoms with Crippen LogP contribution >= 0.6 is 0 Å². The number of anilines is 3. The van der Waals surface area contributed by atoms with Crippen molar-refractivity contribution in [1.29, 1.82) is 10.5 Å². The number of nitriles is 2. The largest absolute Gasteiger partial charge is 0.310 e. The van der Waals surface area contributed by atoms with Crippen LogP contribution < -0.4 is 4.90 Å². The lowest BCUT2D eigenvalue weighted by atomic mass is 9.98. The summed E-state index contributed by atoms with van der Waals surface area (Å²) in [6.45, 7) is 0. The molecule has 0 radical (unpaired) electrons. The van der Waals surface area contributed by atoms with Gasteiger partial charge in [-0.2, -0.15) is 10.5 Å². The molecule has 0 N–H and O–H groups in total. The molecule has 10 aromatic carbocycles. The van der Waals surface area contributed by atoms with Gasteiger partial charge in [-0.05, 0) is 117 Å². The average Bonchev–Trinajstić information content (AvgIpc) is 3.98. The average molecular weight is 800 g/mol. The fraction of sp³-hybridized carbons (Fsp3) is 0. The topological polar surface area (TPSA) is 60.7 Å². The zero-order valence-corrected chi connectivity index (χ0v) is 33.8. The van der Waals surface area contributed by atoms with E-state index in [1.165, 1.54) is 33.0 Å². The van der Waals surface area contributed by atoms with Crippen LogP contribution in [0.25, 0.3) is 98.8 Å². The Labute approximate surface area is 362 Å². The van der Waals surface area contributed by atoms with Crippen LogP contribution in [-0.4, -0.2) is 9.13 Å². The van der Waals surface area contributed by atoms with Crippen molar-refractivity contribution in [3.05, 3.63) is 211 Å². The van der Waals surface area contributed by atoms with Crippen molar-refractivity contribution in [3.8, 4) is 45.8 Å². The number of rotatable bonds is 5. The SMILES string of the molecule is N#Cc1cc(-n2c3ccccc3c3c4cccc5c4c(cc32)-c2ccccc2-5)c(C#N)cc1-n1c2ccc(N(c3ccccc3)c3ccccc3)cc2c2c3ccccc3ccc21. The lowest BCUT2D eigenvalue weighted by Gasteiger charge is -2.25. The van der Waals surface area contributed by atoms with Gasteiger partial charge < -0.3 is 14.0 Å². The molecule has 2 aromatic heterocycles. The normalized spacial score (nSPS) is 11.8. The lowest BCUT2D eigenvalue weighted by molar-refractivity contribution is 1.12. The van der Waals surface area contributed by atoms with E-state index >= 15 is 0 Å². The molecule has 0 amide bonds. The maximum absolute atomic E-state index is 11.2. The predicted molar refractivity (Wildman–Crippen MR) is 259 cm³/mol. The van der Waals surface area contributed by atoms with Gasteiger partial charge >= 0.3 is 0 Å². The fourth-order valence-corrected chi connectivity index (χ4v) is 10.5. The van der Waals surface area contributed by atoms with E-state index in [0.717, 1.165) is 71.4 Å². The molecule has 2 heterocycles. The first-order chi connectivity index (χ1) is 31.2. The number of fused-ring (bicyclic) bond motifs is 12. The summed E-state index contributed by atoms with van der Waals surface area (Å²) in [6.07, 6.45) is 0. The highest BCUT2D eigenvalue weighted by Gasteiger charge is 2.27. The van der Waals surface area contributed by atoms with Crippen LogP contribution in [0.5, 0.6) is 0 Å². The number of hydrogen-bond donors (Lipinski definition) is 0. The van der Waals surface area contributed by atoms with E-state index in [1.54, 1.807) is 0 Å². The van der Waals surface area contributed by atoms with E-state index in [4.69, 9.17) is 0 Å². The van der Waals surface area contributed by atoms with Gasteiger partial charge in [0.05, 0.1) is 44.6 Å². The van der Waals surface area contributed by atoms with Crippen LogP contribution in [0.15, 0.2) is 200 Å². The quantitative estimate of drug-likeness (QED) is 0.174. The third-order valence-corrected chi connectivity index (χ3v) is 13.1. The van der Waals surface area contributed by atoms with E-state index in [9.17, 15) is 10.5 Å². The molecule has 0 aliphatic heterocycles. The number of nitrogens with zero attached hydrogens (tertiary/aromatic N) is 5. The van der Waals surface area contributed by atoms with Gasteiger partial charge in [0.1, 0.15) is 12.1 Å². The molecular weight excluding hydrogens is 767 g/mol. The molecule has 13 rings (SSSR count). The molecule has 0 saturated heterocycles. The summed E-state index contributed by atoms with van der Waals surface area (Å²) in [6, 6.07) is 75.1. The minimum Gasteiger partial charge on any atom is -0.310 e. The lowest BCUT2D eigenvalue weighted by Crippen LogP contribution is -2.09. The monoisotopic (exact) mass is 799 g/mol. The molecule has 290 valence electrons. The molecular formula is C58H33N5. The van der Waals surface area contributed by atoms with Crippen LogP contribution in [-0.2, 0) is 0 Å². The summed E-state index contributed by atoms with van der Waals surface area (Å²) in [4.78, 5) is 2.28. The molecule has 1 aliphatic carbocycles. The van der Waals surface area contributed by atoms with E-state index in [0.29, 0.717) is 22.5 Å². The maximum Gasteiger partial charge on any atom is 0.101 e. The molecule has 0 unspecified atom stereocenters. The molecule has 0 spiro atoms. The van der Waals surface area contributed by atoms with Gasteiger partial charge in [-0.3, -0.25) is 0 Å². The Hall–Kier alpha value is -8.90. The Morgan fingerprint density at radius 1 is 0.333 bits per heavy atom. The highest BCUT2D eigenvalue weighted by molar-refractivity contribution is 6.29. The van der Waals surface area contributed by atoms with Gasteiger partial charge in [0.15, 0.2) is 0 Å². The second-order valence-corrected chi connectivity index (χ2v) is 16.3. The number of aromatic nitrogens is 2. The van der Waals surface area contributed by atoms with Crippen molar-refractivity contribution in [2.75, 3.05) is 4.90 Å². The predicted octanol–water partition coefficient (Wildman–Crippen LogP) is 15.0. The second kappa shape index (κ2) is 13.3. The number of para-hydroxylation sites is 3. The van der Waals surface area contributed by atoms with Crippen molar-refractivity contribution >= 4 is 82.2 Å². The van der Waals surface area contributed by atoms with Gasteiger partial charge in [-0.1, -0.05) is 127 Å². The van der Waals surface area contributed by atoms with Gasteiger partial charge in [0.2, 0.25) is 0 Å². The van der Waals surface area contributed by atoms with Crippen molar-refractivity contribution in [1.82, 2.24) is 9.13 Å². The van der Waals surface area contributed by atoms with E-state index < -0.39 is 0 Å². The highest BCUT2D eigenvalue weighted by atomic mass is 15.1. The Kier molecular flexibility index (Phi) is 7.37. The zero-order chi connectivity index (χ0) is 41.8. The number of hydrogen-bond acceptors (Lipinski definition) is 3. The molecule has 0 fully saturated rings. The van der Waals surface area contributed by atoms with Crippen LogP contribution in [0.4, 0.5) is 17.1 Å². The zero-order valence-electron chi connectivity index (χ0n) is 33.8. The summed E-state index contributed by atoms with van der Waals surface area (Å²) < 4.78 is 4.38. The Morgan fingerprint density at radius 3 is 1.59 bits per heavy atom. The van der Waals surface area contributed by atoms with Crippen molar-refractivity contribution in [2.45, 2.75) is 0 Å². The molecule has 0 bridgehead atoms. The molecule has 0 saturated carbocycles. The molecule has 0 atom stereocenters. The maximum atomic E-state index is 11.2. The van der Waals surface area contributed by atoms with E-state index in [-0.39, 0.29) is 0 Å². The summed E-state index contributed by atoms with van der Waals surface area (Å²) in [7, 11) is 0.